The first-order chi connectivity index (χ1) is 11.8. The van der Waals surface area contributed by atoms with E-state index in [4.69, 9.17) is 25.8 Å². The van der Waals surface area contributed by atoms with Crippen LogP contribution in [-0.4, -0.2) is 26.2 Å². The standard InChI is InChI=1S/C17H16BrClFNO4/c1-9(25-14-5-4-10(20)6-11(14)18)17(22)21-13-7-12(19)15(23-2)8-16(13)24-3/h4-9H,1-3H3,(H,21,22)/t9-/m0/s1. The molecule has 0 spiro atoms. The summed E-state index contributed by atoms with van der Waals surface area (Å²) in [4.78, 5) is 12.4. The predicted molar refractivity (Wildman–Crippen MR) is 97.4 cm³/mol. The van der Waals surface area contributed by atoms with Gasteiger partial charge >= 0.3 is 0 Å². The molecule has 0 aliphatic heterocycles. The molecule has 2 aromatic carbocycles. The fourth-order valence-electron chi connectivity index (χ4n) is 2.01. The van der Waals surface area contributed by atoms with Gasteiger partial charge in [0.25, 0.3) is 5.91 Å². The van der Waals surface area contributed by atoms with E-state index in [2.05, 4.69) is 21.2 Å². The van der Waals surface area contributed by atoms with Crippen LogP contribution in [0.4, 0.5) is 10.1 Å². The Kier molecular flexibility index (Phi) is 6.50. The number of halogens is 3. The molecule has 0 bridgehead atoms. The molecule has 1 N–H and O–H groups in total. The minimum atomic E-state index is -0.840. The van der Waals surface area contributed by atoms with Gasteiger partial charge in [0.1, 0.15) is 23.1 Å². The van der Waals surface area contributed by atoms with Crippen molar-refractivity contribution in [3.8, 4) is 17.2 Å². The van der Waals surface area contributed by atoms with Gasteiger partial charge in [0.05, 0.1) is 29.4 Å². The van der Waals surface area contributed by atoms with Crippen molar-refractivity contribution >= 4 is 39.1 Å². The molecule has 1 amide bonds. The fraction of sp³-hybridized carbons (Fsp3) is 0.235. The number of hydrogen-bond donors (Lipinski definition) is 1. The van der Waals surface area contributed by atoms with E-state index in [1.165, 1.54) is 38.5 Å². The number of nitrogens with one attached hydrogen (secondary N) is 1. The number of hydrogen-bond acceptors (Lipinski definition) is 4. The SMILES string of the molecule is COc1cc(OC)c(NC(=O)[C@H](C)Oc2ccc(F)cc2Br)cc1Cl. The Morgan fingerprint density at radius 1 is 1.16 bits per heavy atom. The third-order valence-electron chi connectivity index (χ3n) is 3.30. The van der Waals surface area contributed by atoms with Crippen molar-refractivity contribution < 1.29 is 23.4 Å². The minimum absolute atomic E-state index is 0.327. The Balaban J connectivity index is 2.14. The van der Waals surface area contributed by atoms with Gasteiger partial charge in [-0.3, -0.25) is 4.79 Å². The zero-order chi connectivity index (χ0) is 18.6. The Hall–Kier alpha value is -1.99. The summed E-state index contributed by atoms with van der Waals surface area (Å²) in [5.41, 5.74) is 0.381. The molecule has 8 heteroatoms. The van der Waals surface area contributed by atoms with Crippen molar-refractivity contribution in [3.05, 3.63) is 45.6 Å². The lowest BCUT2D eigenvalue weighted by atomic mass is 10.2. The largest absolute Gasteiger partial charge is 0.495 e. The molecule has 134 valence electrons. The summed E-state index contributed by atoms with van der Waals surface area (Å²) in [5.74, 6) is 0.342. The Labute approximate surface area is 158 Å². The first kappa shape index (κ1) is 19.3. The number of carbonyl (C=O) groups excluding carboxylic acids is 1. The van der Waals surface area contributed by atoms with Crippen molar-refractivity contribution in [3.63, 3.8) is 0 Å². The molecular formula is C17H16BrClFNO4. The summed E-state index contributed by atoms with van der Waals surface area (Å²) >= 11 is 9.27. The van der Waals surface area contributed by atoms with Gasteiger partial charge in [-0.2, -0.15) is 0 Å². The van der Waals surface area contributed by atoms with E-state index in [-0.39, 0.29) is 0 Å². The number of ether oxygens (including phenoxy) is 3. The van der Waals surface area contributed by atoms with E-state index in [0.29, 0.717) is 32.4 Å². The molecule has 0 radical (unpaired) electrons. The third-order valence-corrected chi connectivity index (χ3v) is 4.21. The van der Waals surface area contributed by atoms with Crippen LogP contribution in [0.1, 0.15) is 6.92 Å². The molecule has 0 saturated carbocycles. The van der Waals surface area contributed by atoms with Gasteiger partial charge in [-0.15, -0.1) is 0 Å². The highest BCUT2D eigenvalue weighted by Crippen LogP contribution is 2.36. The van der Waals surface area contributed by atoms with E-state index in [0.717, 1.165) is 0 Å². The summed E-state index contributed by atoms with van der Waals surface area (Å²) in [7, 11) is 2.95. The smallest absolute Gasteiger partial charge is 0.265 e. The van der Waals surface area contributed by atoms with Gasteiger partial charge in [0.15, 0.2) is 6.10 Å². The van der Waals surface area contributed by atoms with Crippen LogP contribution >= 0.6 is 27.5 Å². The van der Waals surface area contributed by atoms with Gasteiger partial charge < -0.3 is 19.5 Å². The number of rotatable bonds is 6. The number of amides is 1. The fourth-order valence-corrected chi connectivity index (χ4v) is 2.69. The first-order valence-electron chi connectivity index (χ1n) is 7.19. The lowest BCUT2D eigenvalue weighted by molar-refractivity contribution is -0.122. The topological polar surface area (TPSA) is 56.8 Å². The Morgan fingerprint density at radius 3 is 2.44 bits per heavy atom. The van der Waals surface area contributed by atoms with Crippen molar-refractivity contribution in [1.82, 2.24) is 0 Å². The molecule has 0 aromatic heterocycles. The quantitative estimate of drug-likeness (QED) is 0.721. The maximum atomic E-state index is 13.1. The maximum absolute atomic E-state index is 13.1. The summed E-state index contributed by atoms with van der Waals surface area (Å²) in [6, 6.07) is 7.04. The molecule has 0 heterocycles. The van der Waals surface area contributed by atoms with Crippen LogP contribution in [0.25, 0.3) is 0 Å². The van der Waals surface area contributed by atoms with Crippen molar-refractivity contribution in [2.75, 3.05) is 19.5 Å². The predicted octanol–water partition coefficient (Wildman–Crippen LogP) is 4.66. The van der Waals surface area contributed by atoms with Crippen molar-refractivity contribution in [2.45, 2.75) is 13.0 Å². The molecule has 2 aromatic rings. The molecule has 0 aliphatic rings. The first-order valence-corrected chi connectivity index (χ1v) is 8.37. The maximum Gasteiger partial charge on any atom is 0.265 e. The molecule has 0 saturated heterocycles. The average Bonchev–Trinajstić information content (AvgIpc) is 2.57. The number of anilines is 1. The average molecular weight is 433 g/mol. The third kappa shape index (κ3) is 4.76. The highest BCUT2D eigenvalue weighted by Gasteiger charge is 2.19. The van der Waals surface area contributed by atoms with Crippen LogP contribution in [0.15, 0.2) is 34.8 Å². The molecule has 25 heavy (non-hydrogen) atoms. The van der Waals surface area contributed by atoms with Crippen LogP contribution in [-0.2, 0) is 4.79 Å². The van der Waals surface area contributed by atoms with Gasteiger partial charge in [-0.25, -0.2) is 4.39 Å². The molecule has 0 aliphatic carbocycles. The minimum Gasteiger partial charge on any atom is -0.495 e. The van der Waals surface area contributed by atoms with Crippen molar-refractivity contribution in [2.24, 2.45) is 0 Å². The molecule has 0 unspecified atom stereocenters. The highest BCUT2D eigenvalue weighted by molar-refractivity contribution is 9.10. The normalized spacial score (nSPS) is 11.6. The second kappa shape index (κ2) is 8.40. The van der Waals surface area contributed by atoms with E-state index in [1.54, 1.807) is 13.0 Å². The van der Waals surface area contributed by atoms with E-state index >= 15 is 0 Å². The zero-order valence-electron chi connectivity index (χ0n) is 13.7. The van der Waals surface area contributed by atoms with Crippen LogP contribution in [0.5, 0.6) is 17.2 Å². The van der Waals surface area contributed by atoms with Crippen LogP contribution in [0.2, 0.25) is 5.02 Å². The Morgan fingerprint density at radius 2 is 1.84 bits per heavy atom. The number of methoxy groups -OCH3 is 2. The highest BCUT2D eigenvalue weighted by atomic mass is 79.9. The lowest BCUT2D eigenvalue weighted by Crippen LogP contribution is -2.30. The van der Waals surface area contributed by atoms with Gasteiger partial charge in [0.2, 0.25) is 0 Å². The second-order valence-electron chi connectivity index (χ2n) is 5.01. The van der Waals surface area contributed by atoms with Crippen molar-refractivity contribution in [1.29, 1.82) is 0 Å². The molecule has 0 fully saturated rings. The van der Waals surface area contributed by atoms with Crippen LogP contribution in [0, 0.1) is 5.82 Å². The lowest BCUT2D eigenvalue weighted by Gasteiger charge is -2.17. The summed E-state index contributed by atoms with van der Waals surface area (Å²) in [5, 5.41) is 3.01. The number of carbonyl (C=O) groups is 1. The summed E-state index contributed by atoms with van der Waals surface area (Å²) < 4.78 is 29.4. The molecule has 1 atom stereocenters. The zero-order valence-corrected chi connectivity index (χ0v) is 16.1. The second-order valence-corrected chi connectivity index (χ2v) is 6.27. The molecule has 2 rings (SSSR count). The summed E-state index contributed by atoms with van der Waals surface area (Å²) in [6.45, 7) is 1.57. The molecule has 5 nitrogen and oxygen atoms in total. The van der Waals surface area contributed by atoms with E-state index in [1.807, 2.05) is 0 Å². The monoisotopic (exact) mass is 431 g/mol. The van der Waals surface area contributed by atoms with Crippen LogP contribution in [0.3, 0.4) is 0 Å². The number of benzene rings is 2. The van der Waals surface area contributed by atoms with Gasteiger partial charge in [-0.1, -0.05) is 11.6 Å². The van der Waals surface area contributed by atoms with Gasteiger partial charge in [0, 0.05) is 6.07 Å². The van der Waals surface area contributed by atoms with E-state index < -0.39 is 17.8 Å². The molecular weight excluding hydrogens is 417 g/mol. The van der Waals surface area contributed by atoms with Crippen LogP contribution < -0.4 is 19.5 Å². The van der Waals surface area contributed by atoms with E-state index in [9.17, 15) is 9.18 Å². The van der Waals surface area contributed by atoms with Gasteiger partial charge in [-0.05, 0) is 47.1 Å². The Bertz CT molecular complexity index is 787. The summed E-state index contributed by atoms with van der Waals surface area (Å²) in [6.07, 6.45) is -0.840.